The van der Waals surface area contributed by atoms with Crippen molar-refractivity contribution in [2.24, 2.45) is 5.73 Å². The van der Waals surface area contributed by atoms with E-state index in [0.29, 0.717) is 13.1 Å². The molecule has 90 valence electrons. The highest BCUT2D eigenvalue weighted by Crippen LogP contribution is 2.06. The lowest BCUT2D eigenvalue weighted by Gasteiger charge is -1.99. The van der Waals surface area contributed by atoms with Gasteiger partial charge in [0.2, 0.25) is 0 Å². The summed E-state index contributed by atoms with van der Waals surface area (Å²) in [5.74, 6) is 0.778. The Bertz CT molecular complexity index is 477. The SMILES string of the molecule is Cc1cccc(CCc2nnn(CCN)n2)c1. The number of aryl methyl sites for hydroxylation is 3. The summed E-state index contributed by atoms with van der Waals surface area (Å²) >= 11 is 0. The van der Waals surface area contributed by atoms with E-state index in [2.05, 4.69) is 46.6 Å². The Morgan fingerprint density at radius 1 is 1.29 bits per heavy atom. The molecule has 2 N–H and O–H groups in total. The van der Waals surface area contributed by atoms with Crippen LogP contribution in [0.3, 0.4) is 0 Å². The Kier molecular flexibility index (Phi) is 3.82. The predicted molar refractivity (Wildman–Crippen MR) is 65.5 cm³/mol. The van der Waals surface area contributed by atoms with Crippen molar-refractivity contribution in [3.63, 3.8) is 0 Å². The van der Waals surface area contributed by atoms with Crippen molar-refractivity contribution in [1.29, 1.82) is 0 Å². The lowest BCUT2D eigenvalue weighted by molar-refractivity contribution is 0.528. The maximum absolute atomic E-state index is 5.42. The van der Waals surface area contributed by atoms with E-state index in [1.807, 2.05) is 0 Å². The van der Waals surface area contributed by atoms with Crippen molar-refractivity contribution in [3.8, 4) is 0 Å². The van der Waals surface area contributed by atoms with Gasteiger partial charge in [0.1, 0.15) is 0 Å². The first kappa shape index (κ1) is 11.7. The number of aromatic nitrogens is 4. The summed E-state index contributed by atoms with van der Waals surface area (Å²) in [6, 6.07) is 8.48. The number of benzene rings is 1. The molecular formula is C12H17N5. The third kappa shape index (κ3) is 3.35. The summed E-state index contributed by atoms with van der Waals surface area (Å²) in [5, 5.41) is 12.2. The Morgan fingerprint density at radius 3 is 2.94 bits per heavy atom. The van der Waals surface area contributed by atoms with Gasteiger partial charge in [0.25, 0.3) is 0 Å². The summed E-state index contributed by atoms with van der Waals surface area (Å²) in [7, 11) is 0. The number of rotatable bonds is 5. The molecule has 1 aromatic carbocycles. The first-order chi connectivity index (χ1) is 8.28. The van der Waals surface area contributed by atoms with Gasteiger partial charge in [-0.1, -0.05) is 29.8 Å². The van der Waals surface area contributed by atoms with Crippen LogP contribution in [0.25, 0.3) is 0 Å². The van der Waals surface area contributed by atoms with Crippen molar-refractivity contribution < 1.29 is 0 Å². The van der Waals surface area contributed by atoms with Crippen LogP contribution in [0.1, 0.15) is 17.0 Å². The predicted octanol–water partition coefficient (Wildman–Crippen LogP) is 0.725. The normalized spacial score (nSPS) is 10.7. The molecule has 0 amide bonds. The molecular weight excluding hydrogens is 214 g/mol. The molecule has 0 radical (unpaired) electrons. The highest BCUT2D eigenvalue weighted by Gasteiger charge is 2.02. The van der Waals surface area contributed by atoms with Crippen LogP contribution < -0.4 is 5.73 Å². The third-order valence-corrected chi connectivity index (χ3v) is 2.54. The average Bonchev–Trinajstić information content (AvgIpc) is 2.75. The molecule has 1 aromatic heterocycles. The molecule has 5 nitrogen and oxygen atoms in total. The maximum Gasteiger partial charge on any atom is 0.175 e. The fourth-order valence-electron chi connectivity index (χ4n) is 1.71. The Morgan fingerprint density at radius 2 is 2.18 bits per heavy atom. The topological polar surface area (TPSA) is 69.6 Å². The second-order valence-corrected chi connectivity index (χ2v) is 4.08. The Labute approximate surface area is 101 Å². The molecule has 0 aliphatic rings. The summed E-state index contributed by atoms with van der Waals surface area (Å²) in [6.45, 7) is 3.25. The van der Waals surface area contributed by atoms with E-state index in [1.54, 1.807) is 4.80 Å². The van der Waals surface area contributed by atoms with Crippen LogP contribution in [0.4, 0.5) is 0 Å². The number of nitrogens with zero attached hydrogens (tertiary/aromatic N) is 4. The summed E-state index contributed by atoms with van der Waals surface area (Å²) < 4.78 is 0. The minimum Gasteiger partial charge on any atom is -0.329 e. The van der Waals surface area contributed by atoms with Gasteiger partial charge in [-0.05, 0) is 24.1 Å². The van der Waals surface area contributed by atoms with Gasteiger partial charge < -0.3 is 5.73 Å². The standard InChI is InChI=1S/C12H17N5/c1-10-3-2-4-11(9-10)5-6-12-14-16-17(15-12)8-7-13/h2-4,9H,5-8,13H2,1H3. The zero-order valence-electron chi connectivity index (χ0n) is 10.0. The van der Waals surface area contributed by atoms with Crippen LogP contribution in [-0.2, 0) is 19.4 Å². The minimum atomic E-state index is 0.535. The van der Waals surface area contributed by atoms with E-state index in [4.69, 9.17) is 5.73 Å². The molecule has 0 aliphatic heterocycles. The van der Waals surface area contributed by atoms with Gasteiger partial charge >= 0.3 is 0 Å². The number of nitrogens with two attached hydrogens (primary N) is 1. The third-order valence-electron chi connectivity index (χ3n) is 2.54. The summed E-state index contributed by atoms with van der Waals surface area (Å²) in [6.07, 6.45) is 1.75. The first-order valence-corrected chi connectivity index (χ1v) is 5.80. The quantitative estimate of drug-likeness (QED) is 0.823. The molecule has 2 rings (SSSR count). The number of hydrogen-bond donors (Lipinski definition) is 1. The van der Waals surface area contributed by atoms with Gasteiger partial charge in [-0.3, -0.25) is 0 Å². The van der Waals surface area contributed by atoms with E-state index >= 15 is 0 Å². The Balaban J connectivity index is 1.93. The molecule has 5 heteroatoms. The molecule has 0 aliphatic carbocycles. The molecule has 17 heavy (non-hydrogen) atoms. The monoisotopic (exact) mass is 231 g/mol. The fraction of sp³-hybridized carbons (Fsp3) is 0.417. The molecule has 0 fully saturated rings. The molecule has 1 heterocycles. The van der Waals surface area contributed by atoms with Crippen LogP contribution >= 0.6 is 0 Å². The first-order valence-electron chi connectivity index (χ1n) is 5.80. The lowest BCUT2D eigenvalue weighted by Crippen LogP contribution is -2.12. The second kappa shape index (κ2) is 5.54. The molecule has 0 atom stereocenters. The number of hydrogen-bond acceptors (Lipinski definition) is 4. The van der Waals surface area contributed by atoms with Gasteiger partial charge in [0, 0.05) is 13.0 Å². The zero-order chi connectivity index (χ0) is 12.1. The van der Waals surface area contributed by atoms with E-state index in [9.17, 15) is 0 Å². The van der Waals surface area contributed by atoms with Crippen molar-refractivity contribution in [2.75, 3.05) is 6.54 Å². The van der Waals surface area contributed by atoms with Crippen LogP contribution in [-0.4, -0.2) is 26.8 Å². The fourth-order valence-corrected chi connectivity index (χ4v) is 1.71. The van der Waals surface area contributed by atoms with Gasteiger partial charge in [-0.25, -0.2) is 0 Å². The van der Waals surface area contributed by atoms with E-state index in [1.165, 1.54) is 11.1 Å². The summed E-state index contributed by atoms with van der Waals surface area (Å²) in [4.78, 5) is 1.55. The van der Waals surface area contributed by atoms with Gasteiger partial charge in [0.05, 0.1) is 6.54 Å². The van der Waals surface area contributed by atoms with Gasteiger partial charge in [-0.2, -0.15) is 4.80 Å². The lowest BCUT2D eigenvalue weighted by atomic mass is 10.1. The minimum absolute atomic E-state index is 0.535. The van der Waals surface area contributed by atoms with Gasteiger partial charge in [0.15, 0.2) is 5.82 Å². The molecule has 0 bridgehead atoms. The van der Waals surface area contributed by atoms with Crippen LogP contribution in [0.2, 0.25) is 0 Å². The van der Waals surface area contributed by atoms with Crippen molar-refractivity contribution >= 4 is 0 Å². The molecule has 2 aromatic rings. The van der Waals surface area contributed by atoms with E-state index in [-0.39, 0.29) is 0 Å². The number of tetrazole rings is 1. The second-order valence-electron chi connectivity index (χ2n) is 4.08. The van der Waals surface area contributed by atoms with Crippen LogP contribution in [0, 0.1) is 6.92 Å². The van der Waals surface area contributed by atoms with Crippen molar-refractivity contribution in [2.45, 2.75) is 26.3 Å². The Hall–Kier alpha value is -1.75. The zero-order valence-corrected chi connectivity index (χ0v) is 10.0. The van der Waals surface area contributed by atoms with Gasteiger partial charge in [-0.15, -0.1) is 10.2 Å². The highest BCUT2D eigenvalue weighted by atomic mass is 15.6. The van der Waals surface area contributed by atoms with E-state index in [0.717, 1.165) is 18.7 Å². The van der Waals surface area contributed by atoms with Crippen LogP contribution in [0.5, 0.6) is 0 Å². The van der Waals surface area contributed by atoms with E-state index < -0.39 is 0 Å². The largest absolute Gasteiger partial charge is 0.329 e. The molecule has 0 saturated carbocycles. The van der Waals surface area contributed by atoms with Crippen LogP contribution in [0.15, 0.2) is 24.3 Å². The average molecular weight is 231 g/mol. The highest BCUT2D eigenvalue weighted by molar-refractivity contribution is 5.22. The van der Waals surface area contributed by atoms with Crippen molar-refractivity contribution in [3.05, 3.63) is 41.2 Å². The molecule has 0 unspecified atom stereocenters. The summed E-state index contributed by atoms with van der Waals surface area (Å²) in [5.41, 5.74) is 8.01. The molecule has 0 spiro atoms. The smallest absolute Gasteiger partial charge is 0.175 e. The maximum atomic E-state index is 5.42. The van der Waals surface area contributed by atoms with Crippen molar-refractivity contribution in [1.82, 2.24) is 20.2 Å². The molecule has 0 saturated heterocycles.